The van der Waals surface area contributed by atoms with E-state index in [2.05, 4.69) is 32.3 Å². The highest BCUT2D eigenvalue weighted by molar-refractivity contribution is 9.11. The summed E-state index contributed by atoms with van der Waals surface area (Å²) in [4.78, 5) is 16.0. The third kappa shape index (κ3) is 3.63. The van der Waals surface area contributed by atoms with Gasteiger partial charge in [0.1, 0.15) is 0 Å². The zero-order chi connectivity index (χ0) is 13.0. The molecule has 0 amide bonds. The van der Waals surface area contributed by atoms with Crippen molar-refractivity contribution in [1.29, 1.82) is 0 Å². The van der Waals surface area contributed by atoms with Gasteiger partial charge in [-0.05, 0) is 40.2 Å². The van der Waals surface area contributed by atoms with Gasteiger partial charge in [0.05, 0.1) is 15.0 Å². The Bertz CT molecular complexity index is 539. The van der Waals surface area contributed by atoms with Gasteiger partial charge in [0.2, 0.25) is 0 Å². The molecule has 0 saturated heterocycles. The first-order chi connectivity index (χ1) is 8.65. The van der Waals surface area contributed by atoms with Gasteiger partial charge >= 0.3 is 5.97 Å². The lowest BCUT2D eigenvalue weighted by atomic mass is 10.2. The number of hydrogen-bond donors (Lipinski definition) is 2. The highest BCUT2D eigenvalue weighted by atomic mass is 79.9. The lowest BCUT2D eigenvalue weighted by Crippen LogP contribution is -2.13. The van der Waals surface area contributed by atoms with Crippen molar-refractivity contribution in [3.05, 3.63) is 50.4 Å². The molecule has 0 aliphatic rings. The third-order valence-electron chi connectivity index (χ3n) is 2.31. The van der Waals surface area contributed by atoms with Gasteiger partial charge in [-0.2, -0.15) is 0 Å². The summed E-state index contributed by atoms with van der Waals surface area (Å²) in [5, 5.41) is 12.0. The van der Waals surface area contributed by atoms with Gasteiger partial charge in [0.15, 0.2) is 0 Å². The van der Waals surface area contributed by atoms with Crippen LogP contribution in [-0.4, -0.2) is 16.1 Å². The smallest absolute Gasteiger partial charge is 0.337 e. The fourth-order valence-electron chi connectivity index (χ4n) is 1.42. The number of carboxylic acids is 1. The molecular weight excluding hydrogens is 316 g/mol. The summed E-state index contributed by atoms with van der Waals surface area (Å²) >= 11 is 5.10. The maximum absolute atomic E-state index is 10.7. The van der Waals surface area contributed by atoms with E-state index in [1.807, 2.05) is 6.07 Å². The molecule has 0 atom stereocenters. The summed E-state index contributed by atoms with van der Waals surface area (Å²) in [5.41, 5.74) is 1.04. The van der Waals surface area contributed by atoms with Gasteiger partial charge in [-0.25, -0.2) is 4.79 Å². The predicted octanol–water partition coefficient (Wildman–Crippen LogP) is 2.89. The van der Waals surface area contributed by atoms with E-state index in [1.165, 1.54) is 11.1 Å². The van der Waals surface area contributed by atoms with Gasteiger partial charge in [0, 0.05) is 24.2 Å². The van der Waals surface area contributed by atoms with Crippen LogP contribution in [0.2, 0.25) is 0 Å². The van der Waals surface area contributed by atoms with Crippen LogP contribution in [0.3, 0.4) is 0 Å². The van der Waals surface area contributed by atoms with Crippen molar-refractivity contribution >= 4 is 33.2 Å². The maximum Gasteiger partial charge on any atom is 0.337 e. The molecule has 0 unspecified atom stereocenters. The zero-order valence-corrected chi connectivity index (χ0v) is 11.8. The van der Waals surface area contributed by atoms with Crippen LogP contribution >= 0.6 is 27.3 Å². The van der Waals surface area contributed by atoms with Crippen molar-refractivity contribution in [2.75, 3.05) is 0 Å². The molecule has 2 rings (SSSR count). The SMILES string of the molecule is O=C(O)c1ccc(CNCc2ccc(Br)s2)nc1. The van der Waals surface area contributed by atoms with Crippen LogP contribution in [-0.2, 0) is 13.1 Å². The first kappa shape index (κ1) is 13.2. The van der Waals surface area contributed by atoms with Gasteiger partial charge in [-0.1, -0.05) is 0 Å². The second-order valence-electron chi connectivity index (χ2n) is 3.65. The molecule has 0 radical (unpaired) electrons. The number of pyridine rings is 1. The van der Waals surface area contributed by atoms with Crippen LogP contribution in [0.15, 0.2) is 34.2 Å². The lowest BCUT2D eigenvalue weighted by molar-refractivity contribution is 0.0696. The molecular formula is C12H11BrN2O2S. The van der Waals surface area contributed by atoms with Crippen molar-refractivity contribution in [3.8, 4) is 0 Å². The lowest BCUT2D eigenvalue weighted by Gasteiger charge is -2.03. The van der Waals surface area contributed by atoms with Crippen molar-refractivity contribution in [2.45, 2.75) is 13.1 Å². The predicted molar refractivity (Wildman–Crippen MR) is 73.8 cm³/mol. The van der Waals surface area contributed by atoms with E-state index in [4.69, 9.17) is 5.11 Å². The highest BCUT2D eigenvalue weighted by Gasteiger charge is 2.03. The van der Waals surface area contributed by atoms with Gasteiger partial charge < -0.3 is 10.4 Å². The van der Waals surface area contributed by atoms with E-state index >= 15 is 0 Å². The summed E-state index contributed by atoms with van der Waals surface area (Å²) in [7, 11) is 0. The number of halogens is 1. The molecule has 0 saturated carbocycles. The monoisotopic (exact) mass is 326 g/mol. The molecule has 0 spiro atoms. The van der Waals surface area contributed by atoms with Crippen LogP contribution in [0, 0.1) is 0 Å². The number of nitrogens with one attached hydrogen (secondary N) is 1. The summed E-state index contributed by atoms with van der Waals surface area (Å²) in [5.74, 6) is -0.953. The zero-order valence-electron chi connectivity index (χ0n) is 9.39. The Morgan fingerprint density at radius 2 is 2.17 bits per heavy atom. The highest BCUT2D eigenvalue weighted by Crippen LogP contribution is 2.21. The fraction of sp³-hybridized carbons (Fsp3) is 0.167. The minimum absolute atomic E-state index is 0.209. The van der Waals surface area contributed by atoms with Gasteiger partial charge in [-0.15, -0.1) is 11.3 Å². The largest absolute Gasteiger partial charge is 0.478 e. The Morgan fingerprint density at radius 1 is 1.33 bits per heavy atom. The Hall–Kier alpha value is -1.24. The van der Waals surface area contributed by atoms with Crippen LogP contribution < -0.4 is 5.32 Å². The second-order valence-corrected chi connectivity index (χ2v) is 6.20. The quantitative estimate of drug-likeness (QED) is 0.886. The first-order valence-electron chi connectivity index (χ1n) is 5.28. The topological polar surface area (TPSA) is 62.2 Å². The number of thiophene rings is 1. The fourth-order valence-corrected chi connectivity index (χ4v) is 2.87. The van der Waals surface area contributed by atoms with Crippen molar-refractivity contribution in [1.82, 2.24) is 10.3 Å². The van der Waals surface area contributed by atoms with Crippen molar-refractivity contribution < 1.29 is 9.90 Å². The average Bonchev–Trinajstić information content (AvgIpc) is 2.76. The molecule has 2 N–H and O–H groups in total. The van der Waals surface area contributed by atoms with Crippen LogP contribution in [0.5, 0.6) is 0 Å². The van der Waals surface area contributed by atoms with E-state index in [0.717, 1.165) is 16.0 Å². The molecule has 2 aromatic heterocycles. The number of aromatic carboxylic acids is 1. The summed E-state index contributed by atoms with van der Waals surface area (Å²) < 4.78 is 1.11. The normalized spacial score (nSPS) is 10.5. The van der Waals surface area contributed by atoms with E-state index in [-0.39, 0.29) is 5.56 Å². The summed E-state index contributed by atoms with van der Waals surface area (Å²) in [6, 6.07) is 7.36. The minimum atomic E-state index is -0.953. The van der Waals surface area contributed by atoms with E-state index in [9.17, 15) is 4.79 Å². The van der Waals surface area contributed by atoms with E-state index in [0.29, 0.717) is 6.54 Å². The Balaban J connectivity index is 1.85. The second kappa shape index (κ2) is 6.08. The molecule has 0 aromatic carbocycles. The number of rotatable bonds is 5. The van der Waals surface area contributed by atoms with Gasteiger partial charge in [-0.3, -0.25) is 4.98 Å². The maximum atomic E-state index is 10.7. The molecule has 2 heterocycles. The third-order valence-corrected chi connectivity index (χ3v) is 3.93. The number of carbonyl (C=O) groups is 1. The van der Waals surface area contributed by atoms with E-state index in [1.54, 1.807) is 23.5 Å². The standard InChI is InChI=1S/C12H11BrN2O2S/c13-11-4-3-10(18-11)7-14-6-9-2-1-8(5-15-9)12(16)17/h1-5,14H,6-7H2,(H,16,17). The number of nitrogens with zero attached hydrogens (tertiary/aromatic N) is 1. The summed E-state index contributed by atoms with van der Waals surface area (Å²) in [6.45, 7) is 1.40. The van der Waals surface area contributed by atoms with Crippen molar-refractivity contribution in [2.24, 2.45) is 0 Å². The molecule has 0 aliphatic heterocycles. The minimum Gasteiger partial charge on any atom is -0.478 e. The summed E-state index contributed by atoms with van der Waals surface area (Å²) in [6.07, 6.45) is 1.38. The molecule has 18 heavy (non-hydrogen) atoms. The van der Waals surface area contributed by atoms with Crippen LogP contribution in [0.1, 0.15) is 20.9 Å². The molecule has 4 nitrogen and oxygen atoms in total. The van der Waals surface area contributed by atoms with Crippen LogP contribution in [0.25, 0.3) is 0 Å². The molecule has 2 aromatic rings. The molecule has 94 valence electrons. The van der Waals surface area contributed by atoms with Crippen LogP contribution in [0.4, 0.5) is 0 Å². The van der Waals surface area contributed by atoms with Crippen molar-refractivity contribution in [3.63, 3.8) is 0 Å². The average molecular weight is 327 g/mol. The molecule has 0 fully saturated rings. The molecule has 0 aliphatic carbocycles. The number of carboxylic acid groups (broad SMARTS) is 1. The Kier molecular flexibility index (Phi) is 4.46. The van der Waals surface area contributed by atoms with E-state index < -0.39 is 5.97 Å². The van der Waals surface area contributed by atoms with Gasteiger partial charge in [0.25, 0.3) is 0 Å². The number of hydrogen-bond acceptors (Lipinski definition) is 4. The Labute approximate surface area is 117 Å². The first-order valence-corrected chi connectivity index (χ1v) is 6.89. The number of aromatic nitrogens is 1. The Morgan fingerprint density at radius 3 is 2.72 bits per heavy atom. The molecule has 6 heteroatoms. The molecule has 0 bridgehead atoms.